The molecule has 6 heteroatoms. The second kappa shape index (κ2) is 8.93. The fourth-order valence-electron chi connectivity index (χ4n) is 4.02. The molecule has 0 atom stereocenters. The number of nitriles is 1. The Morgan fingerprint density at radius 2 is 1.71 bits per heavy atom. The highest BCUT2D eigenvalue weighted by Crippen LogP contribution is 2.40. The van der Waals surface area contributed by atoms with Crippen LogP contribution in [0.5, 0.6) is 0 Å². The zero-order valence-corrected chi connectivity index (χ0v) is 18.8. The molecule has 1 fully saturated rings. The predicted octanol–water partition coefficient (Wildman–Crippen LogP) is 4.90. The monoisotopic (exact) mass is 475 g/mol. The summed E-state index contributed by atoms with van der Waals surface area (Å²) in [6.07, 6.45) is 0. The van der Waals surface area contributed by atoms with Crippen LogP contribution in [-0.4, -0.2) is 32.2 Å². The van der Waals surface area contributed by atoms with E-state index in [1.54, 1.807) is 18.2 Å². The number of anilines is 1. The first kappa shape index (κ1) is 21.1. The molecular formula is C25H22BrN3O2. The number of benzene rings is 3. The van der Waals surface area contributed by atoms with Gasteiger partial charge in [0, 0.05) is 28.7 Å². The normalized spacial score (nSPS) is 13.6. The Labute approximate surface area is 190 Å². The summed E-state index contributed by atoms with van der Waals surface area (Å²) in [6.45, 7) is 5.11. The van der Waals surface area contributed by atoms with Gasteiger partial charge in [0.05, 0.1) is 30.5 Å². The Kier molecular flexibility index (Phi) is 6.08. The van der Waals surface area contributed by atoms with Gasteiger partial charge in [-0.3, -0.25) is 4.79 Å². The first-order valence-corrected chi connectivity index (χ1v) is 10.9. The summed E-state index contributed by atoms with van der Waals surface area (Å²) < 4.78 is 6.42. The molecular weight excluding hydrogens is 454 g/mol. The number of carbonyl (C=O) groups is 1. The Balaban J connectivity index is 1.88. The molecule has 1 aliphatic heterocycles. The molecule has 3 aromatic rings. The van der Waals surface area contributed by atoms with Crippen molar-refractivity contribution in [2.45, 2.75) is 6.92 Å². The Hall–Kier alpha value is -3.14. The van der Waals surface area contributed by atoms with Crippen LogP contribution >= 0.6 is 15.9 Å². The van der Waals surface area contributed by atoms with E-state index in [9.17, 15) is 4.79 Å². The van der Waals surface area contributed by atoms with Gasteiger partial charge in [-0.1, -0.05) is 24.3 Å². The van der Waals surface area contributed by atoms with Crippen molar-refractivity contribution in [3.63, 3.8) is 0 Å². The maximum absolute atomic E-state index is 12.3. The van der Waals surface area contributed by atoms with Crippen molar-refractivity contribution < 1.29 is 9.53 Å². The van der Waals surface area contributed by atoms with E-state index in [2.05, 4.69) is 33.0 Å². The zero-order valence-electron chi connectivity index (χ0n) is 17.2. The van der Waals surface area contributed by atoms with Crippen molar-refractivity contribution in [2.24, 2.45) is 5.73 Å². The van der Waals surface area contributed by atoms with Crippen LogP contribution in [-0.2, 0) is 4.74 Å². The number of nitrogens with zero attached hydrogens (tertiary/aromatic N) is 2. The minimum Gasteiger partial charge on any atom is -0.378 e. The number of nitrogens with two attached hydrogens (primary N) is 1. The van der Waals surface area contributed by atoms with E-state index in [-0.39, 0.29) is 0 Å². The summed E-state index contributed by atoms with van der Waals surface area (Å²) in [5, 5.41) is 9.14. The van der Waals surface area contributed by atoms with E-state index in [0.29, 0.717) is 24.3 Å². The molecule has 0 unspecified atom stereocenters. The third-order valence-corrected chi connectivity index (χ3v) is 6.21. The average molecular weight is 476 g/mol. The maximum Gasteiger partial charge on any atom is 0.249 e. The van der Waals surface area contributed by atoms with Crippen LogP contribution in [0.1, 0.15) is 21.5 Å². The Bertz CT molecular complexity index is 1180. The first-order chi connectivity index (χ1) is 15.0. The van der Waals surface area contributed by atoms with Gasteiger partial charge in [0.2, 0.25) is 5.91 Å². The van der Waals surface area contributed by atoms with E-state index >= 15 is 0 Å². The first-order valence-electron chi connectivity index (χ1n) is 10.1. The molecule has 4 rings (SSSR count). The molecule has 5 nitrogen and oxygen atoms in total. The Morgan fingerprint density at radius 1 is 1.03 bits per heavy atom. The molecule has 0 aliphatic carbocycles. The highest BCUT2D eigenvalue weighted by Gasteiger charge is 2.20. The summed E-state index contributed by atoms with van der Waals surface area (Å²) in [5.74, 6) is -0.474. The van der Waals surface area contributed by atoms with Gasteiger partial charge in [0.25, 0.3) is 0 Å². The molecule has 0 aromatic heterocycles. The molecule has 3 aromatic carbocycles. The van der Waals surface area contributed by atoms with Gasteiger partial charge in [-0.15, -0.1) is 0 Å². The third-order valence-electron chi connectivity index (χ3n) is 5.57. The second-order valence-electron chi connectivity index (χ2n) is 7.50. The van der Waals surface area contributed by atoms with Gasteiger partial charge in [-0.05, 0) is 75.4 Å². The largest absolute Gasteiger partial charge is 0.378 e. The van der Waals surface area contributed by atoms with Gasteiger partial charge >= 0.3 is 0 Å². The Morgan fingerprint density at radius 3 is 2.32 bits per heavy atom. The van der Waals surface area contributed by atoms with Gasteiger partial charge in [0.15, 0.2) is 0 Å². The SMILES string of the molecule is Cc1ccc(C(N)=O)c(-c2ccc(N3CCOCC3)c(Br)c2)c1-c1ccc(C#N)cc1. The molecule has 1 amide bonds. The summed E-state index contributed by atoms with van der Waals surface area (Å²) in [7, 11) is 0. The van der Waals surface area contributed by atoms with Crippen molar-refractivity contribution in [1.29, 1.82) is 5.26 Å². The number of primary amides is 1. The van der Waals surface area contributed by atoms with Crippen molar-refractivity contribution in [3.8, 4) is 28.3 Å². The molecule has 156 valence electrons. The maximum atomic E-state index is 12.3. The molecule has 0 spiro atoms. The highest BCUT2D eigenvalue weighted by molar-refractivity contribution is 9.10. The number of carbonyl (C=O) groups excluding carboxylic acids is 1. The fourth-order valence-corrected chi connectivity index (χ4v) is 4.65. The van der Waals surface area contributed by atoms with Gasteiger partial charge < -0.3 is 15.4 Å². The summed E-state index contributed by atoms with van der Waals surface area (Å²) in [5.41, 5.74) is 12.5. The number of hydrogen-bond acceptors (Lipinski definition) is 4. The van der Waals surface area contributed by atoms with Crippen molar-refractivity contribution in [1.82, 2.24) is 0 Å². The van der Waals surface area contributed by atoms with Crippen LogP contribution in [0.25, 0.3) is 22.3 Å². The van der Waals surface area contributed by atoms with Crippen LogP contribution in [0.4, 0.5) is 5.69 Å². The number of morpholine rings is 1. The lowest BCUT2D eigenvalue weighted by Crippen LogP contribution is -2.36. The lowest BCUT2D eigenvalue weighted by molar-refractivity contribution is 0.100. The summed E-state index contributed by atoms with van der Waals surface area (Å²) in [4.78, 5) is 14.6. The summed E-state index contributed by atoms with van der Waals surface area (Å²) >= 11 is 3.73. The number of hydrogen-bond donors (Lipinski definition) is 1. The van der Waals surface area contributed by atoms with E-state index in [4.69, 9.17) is 15.7 Å². The van der Waals surface area contributed by atoms with E-state index in [0.717, 1.165) is 51.1 Å². The van der Waals surface area contributed by atoms with Crippen molar-refractivity contribution in [2.75, 3.05) is 31.2 Å². The quantitative estimate of drug-likeness (QED) is 0.581. The number of aryl methyl sites for hydroxylation is 1. The van der Waals surface area contributed by atoms with Gasteiger partial charge in [-0.2, -0.15) is 5.26 Å². The predicted molar refractivity (Wildman–Crippen MR) is 126 cm³/mol. The van der Waals surface area contributed by atoms with Crippen LogP contribution in [0.3, 0.4) is 0 Å². The molecule has 2 N–H and O–H groups in total. The van der Waals surface area contributed by atoms with Crippen molar-refractivity contribution >= 4 is 27.5 Å². The van der Waals surface area contributed by atoms with E-state index in [1.165, 1.54) is 0 Å². The van der Waals surface area contributed by atoms with Crippen LogP contribution in [0.2, 0.25) is 0 Å². The molecule has 0 radical (unpaired) electrons. The van der Waals surface area contributed by atoms with Crippen LogP contribution in [0, 0.1) is 18.3 Å². The number of halogens is 1. The minimum atomic E-state index is -0.474. The molecule has 31 heavy (non-hydrogen) atoms. The minimum absolute atomic E-state index is 0.469. The zero-order chi connectivity index (χ0) is 22.0. The van der Waals surface area contributed by atoms with E-state index < -0.39 is 5.91 Å². The molecule has 1 heterocycles. The molecule has 1 saturated heterocycles. The number of amides is 1. The van der Waals surface area contributed by atoms with Crippen LogP contribution in [0.15, 0.2) is 59.1 Å². The molecule has 1 aliphatic rings. The lowest BCUT2D eigenvalue weighted by atomic mass is 9.87. The van der Waals surface area contributed by atoms with Gasteiger partial charge in [0.1, 0.15) is 0 Å². The number of ether oxygens (including phenoxy) is 1. The number of rotatable bonds is 4. The molecule has 0 saturated carbocycles. The topological polar surface area (TPSA) is 79.3 Å². The van der Waals surface area contributed by atoms with Gasteiger partial charge in [-0.25, -0.2) is 0 Å². The lowest BCUT2D eigenvalue weighted by Gasteiger charge is -2.30. The van der Waals surface area contributed by atoms with Crippen LogP contribution < -0.4 is 10.6 Å². The highest BCUT2D eigenvalue weighted by atomic mass is 79.9. The van der Waals surface area contributed by atoms with Crippen molar-refractivity contribution in [3.05, 3.63) is 75.8 Å². The third kappa shape index (κ3) is 4.20. The fraction of sp³-hybridized carbons (Fsp3) is 0.200. The average Bonchev–Trinajstić information content (AvgIpc) is 2.79. The van der Waals surface area contributed by atoms with E-state index in [1.807, 2.05) is 37.3 Å². The standard InChI is InChI=1S/C25H22BrN3O2/c1-16-2-8-20(25(28)30)24(23(16)18-5-3-17(15-27)4-6-18)19-7-9-22(21(26)14-19)29-10-12-31-13-11-29/h2-9,14H,10-13H2,1H3,(H2,28,30). The molecule has 0 bridgehead atoms. The smallest absolute Gasteiger partial charge is 0.249 e. The summed E-state index contributed by atoms with van der Waals surface area (Å²) in [6, 6.07) is 19.4. The second-order valence-corrected chi connectivity index (χ2v) is 8.35.